The molecule has 0 unspecified atom stereocenters. The number of rotatable bonds is 7. The normalized spacial score (nSPS) is 12.3. The van der Waals surface area contributed by atoms with Crippen LogP contribution in [-0.4, -0.2) is 0 Å². The fraction of sp³-hybridized carbons (Fsp3) is 0.217. The highest BCUT2D eigenvalue weighted by Crippen LogP contribution is 2.17. The zero-order valence-electron chi connectivity index (χ0n) is 14.2. The van der Waals surface area contributed by atoms with Gasteiger partial charge in [-0.15, -0.1) is 0 Å². The van der Waals surface area contributed by atoms with Gasteiger partial charge >= 0.3 is 0 Å². The zero-order valence-corrected chi connectivity index (χ0v) is 14.2. The Labute approximate surface area is 140 Å². The summed E-state index contributed by atoms with van der Waals surface area (Å²) in [6.45, 7) is 4.32. The Morgan fingerprint density at radius 1 is 0.913 bits per heavy atom. The van der Waals surface area contributed by atoms with E-state index in [1.54, 1.807) is 0 Å². The molecule has 0 atom stereocenters. The molecule has 0 spiro atoms. The highest BCUT2D eigenvalue weighted by atomic mass is 14.0. The van der Waals surface area contributed by atoms with Gasteiger partial charge in [-0.05, 0) is 36.5 Å². The second kappa shape index (κ2) is 9.63. The van der Waals surface area contributed by atoms with Crippen LogP contribution in [0.3, 0.4) is 0 Å². The van der Waals surface area contributed by atoms with Crippen molar-refractivity contribution in [1.82, 2.24) is 0 Å². The molecule has 0 amide bonds. The average Bonchev–Trinajstić information content (AvgIpc) is 2.59. The Balaban J connectivity index is 2.15. The van der Waals surface area contributed by atoms with Gasteiger partial charge in [-0.25, -0.2) is 0 Å². The quantitative estimate of drug-likeness (QED) is 0.510. The van der Waals surface area contributed by atoms with E-state index in [4.69, 9.17) is 0 Å². The molecule has 0 saturated heterocycles. The lowest BCUT2D eigenvalue weighted by molar-refractivity contribution is 0.959. The summed E-state index contributed by atoms with van der Waals surface area (Å²) in [4.78, 5) is 0. The van der Waals surface area contributed by atoms with Crippen LogP contribution in [0.4, 0.5) is 0 Å². The van der Waals surface area contributed by atoms with E-state index >= 15 is 0 Å². The average molecular weight is 302 g/mol. The lowest BCUT2D eigenvalue weighted by Crippen LogP contribution is -1.85. The molecule has 0 radical (unpaired) electrons. The molecule has 0 aromatic heterocycles. The Bertz CT molecular complexity index is 655. The maximum Gasteiger partial charge on any atom is -0.00882 e. The van der Waals surface area contributed by atoms with Gasteiger partial charge in [0.1, 0.15) is 0 Å². The van der Waals surface area contributed by atoms with Crippen molar-refractivity contribution in [3.05, 3.63) is 102 Å². The molecule has 2 rings (SSSR count). The van der Waals surface area contributed by atoms with Crippen molar-refractivity contribution in [3.63, 3.8) is 0 Å². The minimum absolute atomic E-state index is 0.952. The largest absolute Gasteiger partial charge is 0.0845 e. The van der Waals surface area contributed by atoms with E-state index in [0.29, 0.717) is 0 Å². The Morgan fingerprint density at radius 3 is 2.35 bits per heavy atom. The summed E-state index contributed by atoms with van der Waals surface area (Å²) in [5.41, 5.74) is 5.19. The van der Waals surface area contributed by atoms with Gasteiger partial charge in [0, 0.05) is 0 Å². The van der Waals surface area contributed by atoms with Crippen LogP contribution >= 0.6 is 0 Å². The minimum atomic E-state index is 0.952. The molecule has 0 saturated carbocycles. The molecule has 0 heteroatoms. The van der Waals surface area contributed by atoms with Gasteiger partial charge in [-0.2, -0.15) is 0 Å². The SMILES string of the molecule is CCC\C=C/C=C/C(=C\Cc1ccc(C)cc1)c1ccccc1. The van der Waals surface area contributed by atoms with Gasteiger partial charge in [0.05, 0.1) is 0 Å². The first-order valence-electron chi connectivity index (χ1n) is 8.44. The highest BCUT2D eigenvalue weighted by molar-refractivity contribution is 5.74. The molecule has 23 heavy (non-hydrogen) atoms. The van der Waals surface area contributed by atoms with Gasteiger partial charge in [-0.1, -0.05) is 104 Å². The third kappa shape index (κ3) is 6.12. The van der Waals surface area contributed by atoms with E-state index in [2.05, 4.69) is 98.8 Å². The van der Waals surface area contributed by atoms with E-state index in [1.807, 2.05) is 0 Å². The molecule has 0 aliphatic heterocycles. The van der Waals surface area contributed by atoms with E-state index in [-0.39, 0.29) is 0 Å². The topological polar surface area (TPSA) is 0 Å². The zero-order chi connectivity index (χ0) is 16.3. The minimum Gasteiger partial charge on any atom is -0.0845 e. The van der Waals surface area contributed by atoms with Crippen molar-refractivity contribution in [2.24, 2.45) is 0 Å². The van der Waals surface area contributed by atoms with E-state index < -0.39 is 0 Å². The number of allylic oxidation sites excluding steroid dienone is 6. The van der Waals surface area contributed by atoms with Crippen LogP contribution in [-0.2, 0) is 6.42 Å². The third-order valence-electron chi connectivity index (χ3n) is 3.76. The van der Waals surface area contributed by atoms with Crippen LogP contribution in [0.5, 0.6) is 0 Å². The molecule has 0 aliphatic carbocycles. The first kappa shape index (κ1) is 17.0. The van der Waals surface area contributed by atoms with Crippen LogP contribution in [0, 0.1) is 6.92 Å². The summed E-state index contributed by atoms with van der Waals surface area (Å²) in [5.74, 6) is 0. The summed E-state index contributed by atoms with van der Waals surface area (Å²) < 4.78 is 0. The second-order valence-electron chi connectivity index (χ2n) is 5.79. The second-order valence-corrected chi connectivity index (χ2v) is 5.79. The van der Waals surface area contributed by atoms with Crippen molar-refractivity contribution in [1.29, 1.82) is 0 Å². The summed E-state index contributed by atoms with van der Waals surface area (Å²) in [6, 6.07) is 19.3. The van der Waals surface area contributed by atoms with Crippen molar-refractivity contribution < 1.29 is 0 Å². The molecule has 2 aromatic carbocycles. The predicted octanol–water partition coefficient (Wildman–Crippen LogP) is 6.53. The lowest BCUT2D eigenvalue weighted by atomic mass is 10.0. The molecular weight excluding hydrogens is 276 g/mol. The van der Waals surface area contributed by atoms with Gasteiger partial charge in [0.25, 0.3) is 0 Å². The molecule has 0 nitrogen and oxygen atoms in total. The third-order valence-corrected chi connectivity index (χ3v) is 3.76. The molecule has 118 valence electrons. The molecule has 0 heterocycles. The van der Waals surface area contributed by atoms with Crippen molar-refractivity contribution in [2.75, 3.05) is 0 Å². The molecule has 0 N–H and O–H groups in total. The predicted molar refractivity (Wildman–Crippen MR) is 102 cm³/mol. The van der Waals surface area contributed by atoms with Crippen molar-refractivity contribution in [3.8, 4) is 0 Å². The maximum atomic E-state index is 2.31. The number of hydrogen-bond donors (Lipinski definition) is 0. The van der Waals surface area contributed by atoms with E-state index in [0.717, 1.165) is 12.8 Å². The first-order valence-corrected chi connectivity index (χ1v) is 8.44. The fourth-order valence-corrected chi connectivity index (χ4v) is 2.37. The van der Waals surface area contributed by atoms with Gasteiger partial charge in [-0.3, -0.25) is 0 Å². The number of hydrogen-bond acceptors (Lipinski definition) is 0. The molecule has 2 aromatic rings. The molecule has 0 aliphatic rings. The highest BCUT2D eigenvalue weighted by Gasteiger charge is 1.97. The first-order chi connectivity index (χ1) is 11.3. The monoisotopic (exact) mass is 302 g/mol. The fourth-order valence-electron chi connectivity index (χ4n) is 2.37. The number of aryl methyl sites for hydroxylation is 1. The van der Waals surface area contributed by atoms with Crippen LogP contribution in [0.25, 0.3) is 5.57 Å². The van der Waals surface area contributed by atoms with Gasteiger partial charge in [0.15, 0.2) is 0 Å². The summed E-state index contributed by atoms with van der Waals surface area (Å²) in [5, 5.41) is 0. The molecular formula is C23H26. The standard InChI is InChI=1S/C23H26/c1-3-4-5-6-8-13-23(22-11-9-7-10-12-22)19-18-21-16-14-20(2)15-17-21/h5-17,19H,3-4,18H2,1-2H3/b6-5-,13-8+,23-19+. The van der Waals surface area contributed by atoms with Crippen molar-refractivity contribution in [2.45, 2.75) is 33.1 Å². The van der Waals surface area contributed by atoms with E-state index in [1.165, 1.54) is 28.7 Å². The maximum absolute atomic E-state index is 2.31. The number of benzene rings is 2. The lowest BCUT2D eigenvalue weighted by Gasteiger charge is -2.04. The number of unbranched alkanes of at least 4 members (excludes halogenated alkanes) is 1. The summed E-state index contributed by atoms with van der Waals surface area (Å²) in [6.07, 6.45) is 14.3. The van der Waals surface area contributed by atoms with Crippen LogP contribution < -0.4 is 0 Å². The van der Waals surface area contributed by atoms with Crippen LogP contribution in [0.1, 0.15) is 36.5 Å². The smallest absolute Gasteiger partial charge is 0.00882 e. The van der Waals surface area contributed by atoms with E-state index in [9.17, 15) is 0 Å². The van der Waals surface area contributed by atoms with Crippen LogP contribution in [0.15, 0.2) is 85.0 Å². The Kier molecular flexibility index (Phi) is 7.13. The summed E-state index contributed by atoms with van der Waals surface area (Å²) in [7, 11) is 0. The van der Waals surface area contributed by atoms with Gasteiger partial charge < -0.3 is 0 Å². The van der Waals surface area contributed by atoms with Gasteiger partial charge in [0.2, 0.25) is 0 Å². The van der Waals surface area contributed by atoms with Crippen molar-refractivity contribution >= 4 is 5.57 Å². The Morgan fingerprint density at radius 2 is 1.65 bits per heavy atom. The van der Waals surface area contributed by atoms with Crippen LogP contribution in [0.2, 0.25) is 0 Å². The Hall–Kier alpha value is -2.34. The molecule has 0 fully saturated rings. The summed E-state index contributed by atoms with van der Waals surface area (Å²) >= 11 is 0. The molecule has 0 bridgehead atoms.